The van der Waals surface area contributed by atoms with Gasteiger partial charge < -0.3 is 8.98 Å². The zero-order valence-electron chi connectivity index (χ0n) is 15.0. The van der Waals surface area contributed by atoms with Crippen LogP contribution in [0, 0.1) is 0 Å². The van der Waals surface area contributed by atoms with E-state index in [1.807, 2.05) is 42.0 Å². The Bertz CT molecular complexity index is 1090. The highest BCUT2D eigenvalue weighted by molar-refractivity contribution is 7.99. The van der Waals surface area contributed by atoms with Crippen molar-refractivity contribution in [3.05, 3.63) is 51.6 Å². The summed E-state index contributed by atoms with van der Waals surface area (Å²) in [5.41, 5.74) is 0.790. The zero-order valence-corrected chi connectivity index (χ0v) is 18.1. The second kappa shape index (κ2) is 8.24. The molecule has 0 aliphatic carbocycles. The van der Waals surface area contributed by atoms with Gasteiger partial charge in [-0.2, -0.15) is 0 Å². The van der Waals surface area contributed by atoms with E-state index in [1.54, 1.807) is 23.5 Å². The highest BCUT2D eigenvalue weighted by Crippen LogP contribution is 2.37. The molecule has 28 heavy (non-hydrogen) atoms. The summed E-state index contributed by atoms with van der Waals surface area (Å²) >= 11 is 15.4. The number of aromatic nitrogens is 5. The van der Waals surface area contributed by atoms with Crippen LogP contribution in [0.25, 0.3) is 22.2 Å². The monoisotopic (exact) mass is 451 g/mol. The van der Waals surface area contributed by atoms with E-state index in [9.17, 15) is 0 Å². The van der Waals surface area contributed by atoms with E-state index >= 15 is 0 Å². The lowest BCUT2D eigenvalue weighted by atomic mass is 10.2. The van der Waals surface area contributed by atoms with Crippen molar-refractivity contribution in [2.24, 2.45) is 0 Å². The van der Waals surface area contributed by atoms with Gasteiger partial charge in [-0.05, 0) is 43.5 Å². The van der Waals surface area contributed by atoms with Crippen LogP contribution in [0.4, 0.5) is 0 Å². The van der Waals surface area contributed by atoms with Crippen LogP contribution in [0.15, 0.2) is 45.3 Å². The maximum Gasteiger partial charge on any atom is 0.257 e. The quantitative estimate of drug-likeness (QED) is 0.323. The van der Waals surface area contributed by atoms with Gasteiger partial charge in [-0.3, -0.25) is 0 Å². The average Bonchev–Trinajstić information content (AvgIpc) is 3.42. The molecular weight excluding hydrogens is 437 g/mol. The molecule has 0 aliphatic rings. The van der Waals surface area contributed by atoms with E-state index in [0.29, 0.717) is 34.2 Å². The summed E-state index contributed by atoms with van der Waals surface area (Å²) in [6.07, 6.45) is 0. The van der Waals surface area contributed by atoms with Crippen molar-refractivity contribution in [3.8, 4) is 22.2 Å². The molecule has 4 rings (SSSR count). The van der Waals surface area contributed by atoms with Crippen LogP contribution >= 0.6 is 46.3 Å². The van der Waals surface area contributed by atoms with Gasteiger partial charge in [0.1, 0.15) is 0 Å². The van der Waals surface area contributed by atoms with Crippen molar-refractivity contribution in [1.82, 2.24) is 25.0 Å². The lowest BCUT2D eigenvalue weighted by Gasteiger charge is -2.10. The molecule has 0 saturated heterocycles. The van der Waals surface area contributed by atoms with Gasteiger partial charge in [0.2, 0.25) is 5.89 Å². The fourth-order valence-corrected chi connectivity index (χ4v) is 4.72. The molecular formula is C18H15Cl2N5OS2. The molecule has 3 heterocycles. The summed E-state index contributed by atoms with van der Waals surface area (Å²) in [6, 6.07) is 9.25. The maximum atomic E-state index is 6.35. The smallest absolute Gasteiger partial charge is 0.257 e. The fraction of sp³-hybridized carbons (Fsp3) is 0.222. The van der Waals surface area contributed by atoms with Gasteiger partial charge in [0.25, 0.3) is 5.89 Å². The first-order valence-electron chi connectivity index (χ1n) is 8.49. The minimum atomic E-state index is -0.0794. The molecule has 1 unspecified atom stereocenters. The van der Waals surface area contributed by atoms with Crippen molar-refractivity contribution in [2.75, 3.05) is 0 Å². The topological polar surface area (TPSA) is 69.6 Å². The van der Waals surface area contributed by atoms with Gasteiger partial charge in [-0.25, -0.2) is 0 Å². The number of rotatable bonds is 6. The summed E-state index contributed by atoms with van der Waals surface area (Å²) < 4.78 is 7.84. The Kier molecular flexibility index (Phi) is 5.73. The molecule has 4 aromatic rings. The van der Waals surface area contributed by atoms with Gasteiger partial charge in [0.15, 0.2) is 11.0 Å². The van der Waals surface area contributed by atoms with Crippen LogP contribution < -0.4 is 0 Å². The van der Waals surface area contributed by atoms with E-state index in [0.717, 1.165) is 15.6 Å². The molecule has 0 amide bonds. The summed E-state index contributed by atoms with van der Waals surface area (Å²) in [7, 11) is 0. The zero-order chi connectivity index (χ0) is 19.7. The van der Waals surface area contributed by atoms with Gasteiger partial charge in [0, 0.05) is 17.1 Å². The van der Waals surface area contributed by atoms with Crippen LogP contribution in [0.2, 0.25) is 10.0 Å². The van der Waals surface area contributed by atoms with E-state index < -0.39 is 0 Å². The molecule has 10 heteroatoms. The number of nitrogens with zero attached hydrogens (tertiary/aromatic N) is 5. The third-order valence-electron chi connectivity index (χ3n) is 4.01. The first-order valence-corrected chi connectivity index (χ1v) is 11.0. The second-order valence-corrected chi connectivity index (χ2v) is 8.96. The van der Waals surface area contributed by atoms with E-state index in [2.05, 4.69) is 20.4 Å². The molecule has 0 bridgehead atoms. The molecule has 0 N–H and O–H groups in total. The Morgan fingerprint density at radius 2 is 2.04 bits per heavy atom. The van der Waals surface area contributed by atoms with Crippen molar-refractivity contribution in [1.29, 1.82) is 0 Å². The van der Waals surface area contributed by atoms with Crippen LogP contribution in [0.5, 0.6) is 0 Å². The van der Waals surface area contributed by atoms with Crippen LogP contribution in [-0.4, -0.2) is 25.0 Å². The lowest BCUT2D eigenvalue weighted by Crippen LogP contribution is -2.01. The maximum absolute atomic E-state index is 6.35. The summed E-state index contributed by atoms with van der Waals surface area (Å²) in [6.45, 7) is 4.73. The van der Waals surface area contributed by atoms with E-state index in [1.165, 1.54) is 11.8 Å². The predicted molar refractivity (Wildman–Crippen MR) is 113 cm³/mol. The molecule has 6 nitrogen and oxygen atoms in total. The SMILES string of the molecule is CCn1c(SC(C)c2nnc(-c3cccs3)o2)nnc1-c1ccc(Cl)cc1Cl. The second-order valence-electron chi connectivity index (χ2n) is 5.86. The number of benzene rings is 1. The van der Waals surface area contributed by atoms with Crippen molar-refractivity contribution >= 4 is 46.3 Å². The first-order chi connectivity index (χ1) is 13.6. The average molecular weight is 452 g/mol. The fourth-order valence-electron chi connectivity index (χ4n) is 2.64. The van der Waals surface area contributed by atoms with Crippen molar-refractivity contribution < 1.29 is 4.42 Å². The number of thioether (sulfide) groups is 1. The number of thiophene rings is 1. The Morgan fingerprint density at radius 1 is 1.18 bits per heavy atom. The van der Waals surface area contributed by atoms with Gasteiger partial charge in [-0.15, -0.1) is 31.7 Å². The van der Waals surface area contributed by atoms with E-state index in [-0.39, 0.29) is 5.25 Å². The third-order valence-corrected chi connectivity index (χ3v) is 6.48. The molecule has 3 aromatic heterocycles. The first kappa shape index (κ1) is 19.4. The standard InChI is InChI=1S/C18H15Cl2N5OS2/c1-3-25-15(12-7-6-11(19)9-13(12)20)21-24-18(25)28-10(2)16-22-23-17(26-16)14-5-4-8-27-14/h4-10H,3H2,1-2H3. The van der Waals surface area contributed by atoms with E-state index in [4.69, 9.17) is 27.6 Å². The minimum absolute atomic E-state index is 0.0794. The van der Waals surface area contributed by atoms with Crippen molar-refractivity contribution in [2.45, 2.75) is 30.8 Å². The summed E-state index contributed by atoms with van der Waals surface area (Å²) in [5.74, 6) is 1.77. The number of hydrogen-bond donors (Lipinski definition) is 0. The Labute approximate surface area is 179 Å². The highest BCUT2D eigenvalue weighted by atomic mass is 35.5. The molecule has 0 spiro atoms. The lowest BCUT2D eigenvalue weighted by molar-refractivity contribution is 0.509. The number of hydrogen-bond acceptors (Lipinski definition) is 7. The summed E-state index contributed by atoms with van der Waals surface area (Å²) in [5, 5.41) is 20.8. The molecule has 0 fully saturated rings. The normalized spacial score (nSPS) is 12.4. The summed E-state index contributed by atoms with van der Waals surface area (Å²) in [4.78, 5) is 0.951. The minimum Gasteiger partial charge on any atom is -0.419 e. The highest BCUT2D eigenvalue weighted by Gasteiger charge is 2.22. The number of halogens is 2. The predicted octanol–water partition coefficient (Wildman–Crippen LogP) is 6.24. The van der Waals surface area contributed by atoms with Crippen LogP contribution in [-0.2, 0) is 6.54 Å². The Hall–Kier alpha value is -1.87. The van der Waals surface area contributed by atoms with Crippen molar-refractivity contribution in [3.63, 3.8) is 0 Å². The molecule has 144 valence electrons. The van der Waals surface area contributed by atoms with Crippen LogP contribution in [0.3, 0.4) is 0 Å². The molecule has 1 aromatic carbocycles. The van der Waals surface area contributed by atoms with Gasteiger partial charge in [0.05, 0.1) is 15.1 Å². The molecule has 0 saturated carbocycles. The third kappa shape index (κ3) is 3.82. The Morgan fingerprint density at radius 3 is 2.75 bits per heavy atom. The molecule has 1 atom stereocenters. The molecule has 0 aliphatic heterocycles. The van der Waals surface area contributed by atoms with Crippen LogP contribution in [0.1, 0.15) is 25.0 Å². The molecule has 0 radical (unpaired) electrons. The Balaban J connectivity index is 1.59. The van der Waals surface area contributed by atoms with Gasteiger partial charge in [-0.1, -0.05) is 41.0 Å². The largest absolute Gasteiger partial charge is 0.419 e. The van der Waals surface area contributed by atoms with Gasteiger partial charge >= 0.3 is 0 Å².